The minimum absolute atomic E-state index is 0.189. The van der Waals surface area contributed by atoms with Gasteiger partial charge in [0.25, 0.3) is 0 Å². The van der Waals surface area contributed by atoms with Gasteiger partial charge in [-0.2, -0.15) is 0 Å². The summed E-state index contributed by atoms with van der Waals surface area (Å²) in [6, 6.07) is 28.3. The molecule has 0 aliphatic heterocycles. The molecule has 0 heterocycles. The first-order valence-corrected chi connectivity index (χ1v) is 28.1. The summed E-state index contributed by atoms with van der Waals surface area (Å²) >= 11 is 0. The molecule has 1 spiro atoms. The Morgan fingerprint density at radius 2 is 0.620 bits per heavy atom. The molecule has 0 radical (unpaired) electrons. The van der Waals surface area contributed by atoms with Crippen molar-refractivity contribution in [3.8, 4) is 0 Å². The summed E-state index contributed by atoms with van der Waals surface area (Å²) in [6.45, 7) is 62.6. The van der Waals surface area contributed by atoms with Crippen LogP contribution in [0.25, 0.3) is 0 Å². The molecular weight excluding hydrogens is 853 g/mol. The topological polar surface area (TPSA) is 0 Å². The molecule has 0 saturated heterocycles. The van der Waals surface area contributed by atoms with Crippen molar-refractivity contribution in [1.29, 1.82) is 0 Å². The van der Waals surface area contributed by atoms with Crippen LogP contribution in [0, 0.1) is 92.9 Å². The van der Waals surface area contributed by atoms with Gasteiger partial charge < -0.3 is 0 Å². The van der Waals surface area contributed by atoms with Crippen molar-refractivity contribution >= 4 is 0 Å². The molecule has 7 rings (SSSR count). The molecule has 2 aliphatic carbocycles. The van der Waals surface area contributed by atoms with Gasteiger partial charge in [0.05, 0.1) is 0 Å². The van der Waals surface area contributed by atoms with E-state index >= 15 is 0 Å². The molecule has 0 fully saturated rings. The molecule has 0 heteroatoms. The second kappa shape index (κ2) is 29.1. The van der Waals surface area contributed by atoms with Crippen LogP contribution in [0.1, 0.15) is 250 Å². The molecule has 0 aromatic heterocycles. The van der Waals surface area contributed by atoms with Gasteiger partial charge in [0.15, 0.2) is 0 Å². The summed E-state index contributed by atoms with van der Waals surface area (Å²) < 4.78 is 0. The largest absolute Gasteiger partial charge is 0.0656 e. The van der Waals surface area contributed by atoms with Gasteiger partial charge in [0, 0.05) is 5.41 Å². The van der Waals surface area contributed by atoms with Crippen molar-refractivity contribution < 1.29 is 0 Å². The van der Waals surface area contributed by atoms with Crippen LogP contribution in [0.15, 0.2) is 72.8 Å². The molecule has 2 aliphatic rings. The summed E-state index contributed by atoms with van der Waals surface area (Å²) in [5.41, 5.74) is 26.8. The van der Waals surface area contributed by atoms with Gasteiger partial charge in [0.1, 0.15) is 0 Å². The molecule has 0 unspecified atom stereocenters. The lowest BCUT2D eigenvalue weighted by molar-refractivity contribution is 0.349. The van der Waals surface area contributed by atoms with E-state index < -0.39 is 0 Å². The Morgan fingerprint density at radius 1 is 0.366 bits per heavy atom. The fourth-order valence-corrected chi connectivity index (χ4v) is 9.60. The molecule has 0 N–H and O–H groups in total. The Kier molecular flexibility index (Phi) is 26.7. The summed E-state index contributed by atoms with van der Waals surface area (Å²) in [4.78, 5) is 0. The van der Waals surface area contributed by atoms with E-state index in [4.69, 9.17) is 0 Å². The van der Waals surface area contributed by atoms with Crippen molar-refractivity contribution in [1.82, 2.24) is 0 Å². The van der Waals surface area contributed by atoms with Crippen molar-refractivity contribution in [2.24, 2.45) is 23.7 Å². The highest BCUT2D eigenvalue weighted by Gasteiger charge is 2.56. The predicted octanol–water partition coefficient (Wildman–Crippen LogP) is 21.7. The zero-order chi connectivity index (χ0) is 54.9. The van der Waals surface area contributed by atoms with E-state index in [1.165, 1.54) is 104 Å². The molecule has 5 aromatic carbocycles. The van der Waals surface area contributed by atoms with Crippen LogP contribution in [-0.4, -0.2) is 0 Å². The molecular formula is C71H112. The number of hydrogen-bond acceptors (Lipinski definition) is 0. The smallest absolute Gasteiger partial charge is 0.0225 e. The molecule has 0 bridgehead atoms. The summed E-state index contributed by atoms with van der Waals surface area (Å²) in [6.07, 6.45) is 7.05. The van der Waals surface area contributed by atoms with Gasteiger partial charge in [-0.15, -0.1) is 0 Å². The molecule has 0 saturated carbocycles. The monoisotopic (exact) mass is 965 g/mol. The fraction of sp³-hybridized carbons (Fsp3) is 0.577. The Bertz CT molecular complexity index is 2210. The first-order chi connectivity index (χ1) is 32.7. The third-order valence-electron chi connectivity index (χ3n) is 13.6. The van der Waals surface area contributed by atoms with Crippen LogP contribution in [0.5, 0.6) is 0 Å². The van der Waals surface area contributed by atoms with Crippen LogP contribution >= 0.6 is 0 Å². The van der Waals surface area contributed by atoms with E-state index in [1.54, 1.807) is 22.3 Å². The van der Waals surface area contributed by atoms with Gasteiger partial charge in [-0.3, -0.25) is 0 Å². The maximum absolute atomic E-state index is 2.51. The van der Waals surface area contributed by atoms with Gasteiger partial charge in [-0.05, 0) is 213 Å². The second-order valence-corrected chi connectivity index (χ2v) is 25.8. The first-order valence-electron chi connectivity index (χ1n) is 28.1. The predicted molar refractivity (Wildman–Crippen MR) is 324 cm³/mol. The van der Waals surface area contributed by atoms with Crippen molar-refractivity contribution in [2.45, 2.75) is 249 Å². The molecule has 0 nitrogen and oxygen atoms in total. The van der Waals surface area contributed by atoms with E-state index in [0.29, 0.717) is 0 Å². The van der Waals surface area contributed by atoms with E-state index in [9.17, 15) is 0 Å². The average Bonchev–Trinajstić information content (AvgIpc) is 3.57. The third-order valence-corrected chi connectivity index (χ3v) is 13.6. The van der Waals surface area contributed by atoms with Crippen LogP contribution in [0.4, 0.5) is 0 Å². The van der Waals surface area contributed by atoms with E-state index in [2.05, 4.69) is 267 Å². The molecule has 0 amide bonds. The standard InChI is InChI=1S/C26H30.C25H32.C5H12.3C4H10.C3H8/c1-17-7-9-20(4)23(11-17)15-25-13-19(3)14-26(22(25)6)16-24-12-18(2)8-10-21(24)5;1-15-9-19-21(11-17(15)3)25(13-23(19,5)6)14-24(7,8)20-10-16(2)18(4)12-22(20)25;1-4-5(2)3;3*1-4(2)3;1-3-2/h7-14H,15-16H2,1-6H3;9-12H,13-14H2,1-8H3;5H,4H2,1-3H3;3*4H,1-3H3;3H2,1-2H3. The maximum atomic E-state index is 2.51. The molecule has 396 valence electrons. The van der Waals surface area contributed by atoms with Gasteiger partial charge in [-0.25, -0.2) is 0 Å². The van der Waals surface area contributed by atoms with Crippen LogP contribution < -0.4 is 0 Å². The zero-order valence-corrected chi connectivity index (χ0v) is 52.0. The summed E-state index contributed by atoms with van der Waals surface area (Å²) in [5.74, 6) is 3.38. The van der Waals surface area contributed by atoms with E-state index in [1.807, 2.05) is 0 Å². The SMILES string of the molecule is CC(C)C.CC(C)C.CC(C)C.CCC.CCC(C)C.Cc1cc2c(cc1C)C1(CC2(C)C)CC(C)(C)c2cc(C)c(C)cc21.Cc1ccc(C)c(Cc2cc(C)cc(Cc3cc(C)ccc3C)c2C)c1. The molecule has 0 atom stereocenters. The highest BCUT2D eigenvalue weighted by Crippen LogP contribution is 2.63. The van der Waals surface area contributed by atoms with Crippen LogP contribution in [0.3, 0.4) is 0 Å². The minimum atomic E-state index is 0.189. The van der Waals surface area contributed by atoms with Gasteiger partial charge in [0.2, 0.25) is 0 Å². The number of hydrogen-bond donors (Lipinski definition) is 0. The van der Waals surface area contributed by atoms with Crippen LogP contribution in [0.2, 0.25) is 0 Å². The quantitative estimate of drug-likeness (QED) is 0.165. The van der Waals surface area contributed by atoms with Crippen molar-refractivity contribution in [3.63, 3.8) is 0 Å². The van der Waals surface area contributed by atoms with Crippen molar-refractivity contribution in [2.75, 3.05) is 0 Å². The van der Waals surface area contributed by atoms with Gasteiger partial charge >= 0.3 is 0 Å². The first kappa shape index (κ1) is 65.1. The Hall–Kier alpha value is -3.90. The molecule has 71 heavy (non-hydrogen) atoms. The van der Waals surface area contributed by atoms with Gasteiger partial charge in [-0.1, -0.05) is 227 Å². The molecule has 5 aromatic rings. The highest BCUT2D eigenvalue weighted by molar-refractivity contribution is 5.62. The van der Waals surface area contributed by atoms with Crippen LogP contribution in [-0.2, 0) is 29.1 Å². The number of rotatable bonds is 5. The number of aryl methyl sites for hydroxylation is 9. The van der Waals surface area contributed by atoms with E-state index in [-0.39, 0.29) is 16.2 Å². The Labute approximate surface area is 443 Å². The highest BCUT2D eigenvalue weighted by atomic mass is 14.6. The normalized spacial score (nSPS) is 14.0. The minimum Gasteiger partial charge on any atom is -0.0656 e. The summed E-state index contributed by atoms with van der Waals surface area (Å²) in [5, 5.41) is 0. The fourth-order valence-electron chi connectivity index (χ4n) is 9.60. The number of fused-ring (bicyclic) bond motifs is 4. The maximum Gasteiger partial charge on any atom is 0.0225 e. The summed E-state index contributed by atoms with van der Waals surface area (Å²) in [7, 11) is 0. The zero-order valence-electron chi connectivity index (χ0n) is 52.0. The lowest BCUT2D eigenvalue weighted by Gasteiger charge is -2.31. The average molecular weight is 966 g/mol. The lowest BCUT2D eigenvalue weighted by atomic mass is 9.72. The lowest BCUT2D eigenvalue weighted by Crippen LogP contribution is -2.27. The van der Waals surface area contributed by atoms with Crippen molar-refractivity contribution in [3.05, 3.63) is 173 Å². The van der Waals surface area contributed by atoms with E-state index in [0.717, 1.165) is 36.5 Å². The Balaban J connectivity index is 0.000000517. The second-order valence-electron chi connectivity index (χ2n) is 25.8. The third kappa shape index (κ3) is 20.1. The Morgan fingerprint density at radius 3 is 0.887 bits per heavy atom. The number of benzene rings is 5.